The number of hydrogen-bond donors (Lipinski definition) is 1. The number of halogens is 3. The zero-order chi connectivity index (χ0) is 17.2. The van der Waals surface area contributed by atoms with Gasteiger partial charge in [0.2, 0.25) is 0 Å². The molecule has 0 bridgehead atoms. The second kappa shape index (κ2) is 7.03. The van der Waals surface area contributed by atoms with Crippen LogP contribution in [0.4, 0.5) is 13.2 Å². The molecule has 1 aromatic heterocycles. The van der Waals surface area contributed by atoms with Gasteiger partial charge in [0.15, 0.2) is 0 Å². The van der Waals surface area contributed by atoms with Crippen molar-refractivity contribution in [1.82, 2.24) is 9.88 Å². The molecule has 1 saturated heterocycles. The van der Waals surface area contributed by atoms with E-state index in [2.05, 4.69) is 14.6 Å². The Kier molecular flexibility index (Phi) is 5.01. The predicted octanol–water partition coefficient (Wildman–Crippen LogP) is 3.72. The Morgan fingerprint density at radius 2 is 2.17 bits per heavy atom. The third-order valence-corrected chi connectivity index (χ3v) is 4.51. The van der Waals surface area contributed by atoms with Gasteiger partial charge in [-0.05, 0) is 49.6 Å². The average Bonchev–Trinajstić information content (AvgIpc) is 3.11. The molecule has 1 atom stereocenters. The second-order valence-corrected chi connectivity index (χ2v) is 6.10. The summed E-state index contributed by atoms with van der Waals surface area (Å²) in [6.07, 6.45) is 0.245. The summed E-state index contributed by atoms with van der Waals surface area (Å²) in [5.74, 6) is -0.182. The molecule has 0 amide bonds. The lowest BCUT2D eigenvalue weighted by Gasteiger charge is -2.23. The first-order chi connectivity index (χ1) is 11.5. The molecule has 2 aromatic rings. The molecule has 132 valence electrons. The van der Waals surface area contributed by atoms with Crippen LogP contribution in [0.25, 0.3) is 10.9 Å². The summed E-state index contributed by atoms with van der Waals surface area (Å²) >= 11 is 0. The number of fused-ring (bicyclic) bond motifs is 1. The van der Waals surface area contributed by atoms with Crippen molar-refractivity contribution in [2.75, 3.05) is 26.8 Å². The Morgan fingerprint density at radius 3 is 2.92 bits per heavy atom. The predicted molar refractivity (Wildman–Crippen MR) is 85.2 cm³/mol. The molecule has 0 saturated carbocycles. The number of likely N-dealkylation sites (tertiary alicyclic amines) is 1. The number of aromatic nitrogens is 1. The van der Waals surface area contributed by atoms with Gasteiger partial charge >= 0.3 is 6.36 Å². The van der Waals surface area contributed by atoms with Crippen molar-refractivity contribution in [1.29, 1.82) is 0 Å². The van der Waals surface area contributed by atoms with Crippen molar-refractivity contribution >= 4 is 10.9 Å². The van der Waals surface area contributed by atoms with Crippen LogP contribution in [0, 0.1) is 0 Å². The van der Waals surface area contributed by atoms with Gasteiger partial charge in [0.25, 0.3) is 0 Å². The third kappa shape index (κ3) is 4.02. The van der Waals surface area contributed by atoms with Crippen molar-refractivity contribution in [2.24, 2.45) is 0 Å². The molecule has 1 aliphatic heterocycles. The molecule has 0 unspecified atom stereocenters. The van der Waals surface area contributed by atoms with E-state index in [9.17, 15) is 13.2 Å². The fraction of sp³-hybridized carbons (Fsp3) is 0.529. The standard InChI is InChI=1S/C17H21F3N2O2/c1-23-8-7-22-6-2-3-13(22)9-12-11-21-16-5-4-14(10-15(12)16)24-17(18,19)20/h4-5,10-11,13,21H,2-3,6-9H2,1H3/t13-/m1/s1. The highest BCUT2D eigenvalue weighted by molar-refractivity contribution is 5.84. The van der Waals surface area contributed by atoms with Gasteiger partial charge in [0.1, 0.15) is 5.75 Å². The van der Waals surface area contributed by atoms with Crippen molar-refractivity contribution in [3.8, 4) is 5.75 Å². The Labute approximate surface area is 138 Å². The highest BCUT2D eigenvalue weighted by Crippen LogP contribution is 2.30. The minimum absolute atomic E-state index is 0.182. The highest BCUT2D eigenvalue weighted by atomic mass is 19.4. The van der Waals surface area contributed by atoms with E-state index in [0.29, 0.717) is 12.6 Å². The molecule has 3 rings (SSSR count). The maximum atomic E-state index is 12.4. The molecular formula is C17H21F3N2O2. The van der Waals surface area contributed by atoms with Crippen LogP contribution >= 0.6 is 0 Å². The molecule has 1 aliphatic rings. The van der Waals surface area contributed by atoms with Gasteiger partial charge in [0, 0.05) is 36.8 Å². The molecule has 1 fully saturated rings. The second-order valence-electron chi connectivity index (χ2n) is 6.10. The number of aromatic amines is 1. The topological polar surface area (TPSA) is 37.5 Å². The summed E-state index contributed by atoms with van der Waals surface area (Å²) < 4.78 is 46.4. The summed E-state index contributed by atoms with van der Waals surface area (Å²) in [5, 5.41) is 0.787. The number of hydrogen-bond acceptors (Lipinski definition) is 3. The Balaban J connectivity index is 1.78. The van der Waals surface area contributed by atoms with Crippen LogP contribution in [0.15, 0.2) is 24.4 Å². The maximum absolute atomic E-state index is 12.4. The normalized spacial score (nSPS) is 19.2. The number of rotatable bonds is 6. The van der Waals surface area contributed by atoms with Crippen LogP contribution in [0.2, 0.25) is 0 Å². The first-order valence-electron chi connectivity index (χ1n) is 8.05. The van der Waals surface area contributed by atoms with E-state index in [1.807, 2.05) is 6.20 Å². The van der Waals surface area contributed by atoms with Crippen LogP contribution in [0.3, 0.4) is 0 Å². The minimum atomic E-state index is -4.67. The van der Waals surface area contributed by atoms with E-state index < -0.39 is 6.36 Å². The number of nitrogens with zero attached hydrogens (tertiary/aromatic N) is 1. The van der Waals surface area contributed by atoms with Crippen molar-refractivity contribution in [3.05, 3.63) is 30.0 Å². The molecule has 0 radical (unpaired) electrons. The molecule has 24 heavy (non-hydrogen) atoms. The molecular weight excluding hydrogens is 321 g/mol. The highest BCUT2D eigenvalue weighted by Gasteiger charge is 2.31. The minimum Gasteiger partial charge on any atom is -0.406 e. The Hall–Kier alpha value is -1.73. The van der Waals surface area contributed by atoms with Gasteiger partial charge in [-0.25, -0.2) is 0 Å². The number of nitrogens with one attached hydrogen (secondary N) is 1. The molecule has 2 heterocycles. The summed E-state index contributed by atoms with van der Waals surface area (Å²) in [7, 11) is 1.69. The van der Waals surface area contributed by atoms with Gasteiger partial charge in [-0.3, -0.25) is 4.90 Å². The van der Waals surface area contributed by atoms with E-state index >= 15 is 0 Å². The van der Waals surface area contributed by atoms with Crippen LogP contribution in [-0.4, -0.2) is 49.1 Å². The number of ether oxygens (including phenoxy) is 2. The van der Waals surface area contributed by atoms with Gasteiger partial charge in [-0.2, -0.15) is 0 Å². The molecule has 1 N–H and O–H groups in total. The number of H-pyrrole nitrogens is 1. The van der Waals surface area contributed by atoms with Crippen LogP contribution in [0.5, 0.6) is 5.75 Å². The maximum Gasteiger partial charge on any atom is 0.573 e. The average molecular weight is 342 g/mol. The van der Waals surface area contributed by atoms with E-state index in [1.54, 1.807) is 13.2 Å². The first-order valence-corrected chi connectivity index (χ1v) is 8.05. The Morgan fingerprint density at radius 1 is 1.33 bits per heavy atom. The lowest BCUT2D eigenvalue weighted by atomic mass is 10.0. The molecule has 0 aliphatic carbocycles. The van der Waals surface area contributed by atoms with E-state index in [0.717, 1.165) is 48.8 Å². The zero-order valence-corrected chi connectivity index (χ0v) is 13.5. The van der Waals surface area contributed by atoms with E-state index in [-0.39, 0.29) is 5.75 Å². The van der Waals surface area contributed by atoms with Crippen molar-refractivity contribution < 1.29 is 22.6 Å². The molecule has 1 aromatic carbocycles. The van der Waals surface area contributed by atoms with E-state index in [4.69, 9.17) is 4.74 Å². The lowest BCUT2D eigenvalue weighted by molar-refractivity contribution is -0.274. The molecule has 4 nitrogen and oxygen atoms in total. The summed E-state index contributed by atoms with van der Waals surface area (Å²) in [6.45, 7) is 2.61. The third-order valence-electron chi connectivity index (χ3n) is 4.51. The van der Waals surface area contributed by atoms with Crippen LogP contribution in [-0.2, 0) is 11.2 Å². The van der Waals surface area contributed by atoms with E-state index in [1.165, 1.54) is 12.1 Å². The van der Waals surface area contributed by atoms with Crippen molar-refractivity contribution in [3.63, 3.8) is 0 Å². The van der Waals surface area contributed by atoms with Crippen LogP contribution < -0.4 is 4.74 Å². The summed E-state index contributed by atoms with van der Waals surface area (Å²) in [6, 6.07) is 4.81. The number of benzene rings is 1. The van der Waals surface area contributed by atoms with Gasteiger partial charge < -0.3 is 14.5 Å². The quantitative estimate of drug-likeness (QED) is 0.869. The van der Waals surface area contributed by atoms with Gasteiger partial charge in [-0.1, -0.05) is 0 Å². The summed E-state index contributed by atoms with van der Waals surface area (Å²) in [4.78, 5) is 5.52. The zero-order valence-electron chi connectivity index (χ0n) is 13.5. The monoisotopic (exact) mass is 342 g/mol. The van der Waals surface area contributed by atoms with Gasteiger partial charge in [0.05, 0.1) is 6.61 Å². The largest absolute Gasteiger partial charge is 0.573 e. The fourth-order valence-electron chi connectivity index (χ4n) is 3.41. The molecule has 7 heteroatoms. The Bertz CT molecular complexity index is 684. The molecule has 0 spiro atoms. The fourth-order valence-corrected chi connectivity index (χ4v) is 3.41. The number of methoxy groups -OCH3 is 1. The van der Waals surface area contributed by atoms with Gasteiger partial charge in [-0.15, -0.1) is 13.2 Å². The summed E-state index contributed by atoms with van der Waals surface area (Å²) in [5.41, 5.74) is 1.84. The van der Waals surface area contributed by atoms with Crippen molar-refractivity contribution in [2.45, 2.75) is 31.7 Å². The first kappa shape index (κ1) is 17.1. The SMILES string of the molecule is COCCN1CCC[C@@H]1Cc1c[nH]c2ccc(OC(F)(F)F)cc12. The van der Waals surface area contributed by atoms with Crippen LogP contribution in [0.1, 0.15) is 18.4 Å². The number of alkyl halides is 3. The lowest BCUT2D eigenvalue weighted by Crippen LogP contribution is -2.33. The smallest absolute Gasteiger partial charge is 0.406 e.